The first-order valence-corrected chi connectivity index (χ1v) is 13.3. The highest BCUT2D eigenvalue weighted by Gasteiger charge is 2.27. The number of hydrogen-bond donors (Lipinski definition) is 6. The molecular formula is C28H33N5O3S2. The minimum absolute atomic E-state index is 0.0446. The third-order valence-electron chi connectivity index (χ3n) is 5.75. The monoisotopic (exact) mass is 551 g/mol. The zero-order valence-electron chi connectivity index (χ0n) is 21.0. The van der Waals surface area contributed by atoms with Crippen molar-refractivity contribution >= 4 is 48.7 Å². The van der Waals surface area contributed by atoms with Gasteiger partial charge in [0.2, 0.25) is 5.91 Å². The number of esters is 1. The van der Waals surface area contributed by atoms with Gasteiger partial charge >= 0.3 is 5.97 Å². The second-order valence-electron chi connectivity index (χ2n) is 8.77. The smallest absolute Gasteiger partial charge is 0.345 e. The molecule has 3 aromatic rings. The SMILES string of the molecule is N=C(N)c1ccc(OC(=O)c2ccccc2NCCCCCCNC(=O)CC(S)(S)c2ccccn2)cc1. The molecule has 1 heterocycles. The van der Waals surface area contributed by atoms with Crippen LogP contribution in [0.15, 0.2) is 72.9 Å². The van der Waals surface area contributed by atoms with Crippen molar-refractivity contribution in [2.45, 2.75) is 36.2 Å². The summed E-state index contributed by atoms with van der Waals surface area (Å²) < 4.78 is 4.57. The van der Waals surface area contributed by atoms with Gasteiger partial charge in [-0.1, -0.05) is 31.0 Å². The molecule has 10 heteroatoms. The topological polar surface area (TPSA) is 130 Å². The number of anilines is 1. The fourth-order valence-corrected chi connectivity index (χ4v) is 4.26. The average molecular weight is 552 g/mol. The molecule has 8 nitrogen and oxygen atoms in total. The first-order chi connectivity index (χ1) is 18.3. The molecule has 1 amide bonds. The van der Waals surface area contributed by atoms with Gasteiger partial charge in [0, 0.05) is 30.5 Å². The van der Waals surface area contributed by atoms with Crippen molar-refractivity contribution in [3.63, 3.8) is 0 Å². The van der Waals surface area contributed by atoms with E-state index in [2.05, 4.69) is 40.9 Å². The zero-order chi connectivity index (χ0) is 27.4. The van der Waals surface area contributed by atoms with Gasteiger partial charge in [0.1, 0.15) is 15.7 Å². The van der Waals surface area contributed by atoms with E-state index in [1.807, 2.05) is 24.3 Å². The van der Waals surface area contributed by atoms with Gasteiger partial charge in [-0.05, 0) is 61.4 Å². The molecule has 0 spiro atoms. The highest BCUT2D eigenvalue weighted by Crippen LogP contribution is 2.34. The molecule has 38 heavy (non-hydrogen) atoms. The summed E-state index contributed by atoms with van der Waals surface area (Å²) in [6, 6.07) is 19.2. The molecule has 0 fully saturated rings. The second kappa shape index (κ2) is 14.4. The fourth-order valence-electron chi connectivity index (χ4n) is 3.71. The number of ether oxygens (including phenoxy) is 1. The number of para-hydroxylation sites is 1. The van der Waals surface area contributed by atoms with E-state index in [1.54, 1.807) is 48.7 Å². The quantitative estimate of drug-likeness (QED) is 0.0325. The minimum Gasteiger partial charge on any atom is -0.423 e. The summed E-state index contributed by atoms with van der Waals surface area (Å²) in [5, 5.41) is 13.7. The van der Waals surface area contributed by atoms with Crippen molar-refractivity contribution in [2.24, 2.45) is 5.73 Å². The lowest BCUT2D eigenvalue weighted by atomic mass is 10.1. The Morgan fingerprint density at radius 2 is 1.61 bits per heavy atom. The minimum atomic E-state index is -0.917. The molecule has 0 radical (unpaired) electrons. The van der Waals surface area contributed by atoms with E-state index >= 15 is 0 Å². The normalized spacial score (nSPS) is 11.0. The molecule has 0 aliphatic heterocycles. The maximum Gasteiger partial charge on any atom is 0.345 e. The van der Waals surface area contributed by atoms with Crippen LogP contribution in [-0.2, 0) is 8.87 Å². The Labute approximate surface area is 234 Å². The Morgan fingerprint density at radius 3 is 2.29 bits per heavy atom. The third kappa shape index (κ3) is 9.11. The number of nitrogens with two attached hydrogens (primary N) is 1. The number of carbonyl (C=O) groups is 2. The molecule has 0 atom stereocenters. The number of nitrogens with zero attached hydrogens (tertiary/aromatic N) is 1. The van der Waals surface area contributed by atoms with Gasteiger partial charge in [0.05, 0.1) is 17.7 Å². The highest BCUT2D eigenvalue weighted by molar-refractivity contribution is 7.99. The third-order valence-corrected chi connectivity index (χ3v) is 6.52. The molecule has 5 N–H and O–H groups in total. The van der Waals surface area contributed by atoms with Crippen molar-refractivity contribution in [2.75, 3.05) is 18.4 Å². The number of thiol groups is 2. The number of nitrogens with one attached hydrogen (secondary N) is 3. The van der Waals surface area contributed by atoms with Crippen LogP contribution in [0, 0.1) is 5.41 Å². The standard InChI is InChI=1S/C28H33N5O3S2/c29-26(30)20-12-14-21(15-13-20)36-27(35)22-9-3-4-10-23(22)31-16-6-1-2-7-18-33-25(34)19-28(37,38)24-11-5-8-17-32-24/h3-5,8-15,17,31,37-38H,1-2,6-7,16,18-19H2,(H3,29,30)(H,33,34). The molecule has 0 unspecified atom stereocenters. The molecule has 0 aliphatic rings. The molecule has 0 saturated carbocycles. The van der Waals surface area contributed by atoms with Crippen molar-refractivity contribution in [3.8, 4) is 5.75 Å². The van der Waals surface area contributed by atoms with Gasteiger partial charge in [0.15, 0.2) is 0 Å². The number of amidine groups is 1. The van der Waals surface area contributed by atoms with Crippen LogP contribution in [0.2, 0.25) is 0 Å². The Balaban J connectivity index is 1.34. The summed E-state index contributed by atoms with van der Waals surface area (Å²) in [5.74, 6) is -0.237. The molecular weight excluding hydrogens is 518 g/mol. The van der Waals surface area contributed by atoms with Gasteiger partial charge in [-0.15, -0.1) is 0 Å². The summed E-state index contributed by atoms with van der Waals surface area (Å²) >= 11 is 8.99. The average Bonchev–Trinajstić information content (AvgIpc) is 2.91. The summed E-state index contributed by atoms with van der Waals surface area (Å²) in [5.41, 5.74) is 7.82. The van der Waals surface area contributed by atoms with E-state index in [0.29, 0.717) is 41.3 Å². The van der Waals surface area contributed by atoms with Crippen LogP contribution in [0.4, 0.5) is 5.69 Å². The lowest BCUT2D eigenvalue weighted by Crippen LogP contribution is -2.29. The van der Waals surface area contributed by atoms with Crippen LogP contribution in [0.25, 0.3) is 0 Å². The van der Waals surface area contributed by atoms with Crippen molar-refractivity contribution < 1.29 is 14.3 Å². The van der Waals surface area contributed by atoms with Gasteiger partial charge < -0.3 is 21.1 Å². The number of aromatic nitrogens is 1. The van der Waals surface area contributed by atoms with E-state index < -0.39 is 10.0 Å². The van der Waals surface area contributed by atoms with Crippen LogP contribution in [-0.4, -0.2) is 35.8 Å². The van der Waals surface area contributed by atoms with Crippen LogP contribution >= 0.6 is 25.3 Å². The first kappa shape index (κ1) is 29.1. The van der Waals surface area contributed by atoms with Gasteiger partial charge in [0.25, 0.3) is 0 Å². The second-order valence-corrected chi connectivity index (χ2v) is 10.7. The van der Waals surface area contributed by atoms with Gasteiger partial charge in [-0.25, -0.2) is 4.79 Å². The summed E-state index contributed by atoms with van der Waals surface area (Å²) in [4.78, 5) is 29.2. The molecule has 0 aliphatic carbocycles. The van der Waals surface area contributed by atoms with E-state index in [1.165, 1.54) is 0 Å². The number of benzene rings is 2. The molecule has 1 aromatic heterocycles. The lowest BCUT2D eigenvalue weighted by Gasteiger charge is -2.21. The van der Waals surface area contributed by atoms with E-state index in [4.69, 9.17) is 15.9 Å². The van der Waals surface area contributed by atoms with Crippen molar-refractivity contribution in [1.29, 1.82) is 5.41 Å². The van der Waals surface area contributed by atoms with E-state index in [0.717, 1.165) is 25.7 Å². The summed E-state index contributed by atoms with van der Waals surface area (Å²) in [6.07, 6.45) is 5.52. The fraction of sp³-hybridized carbons (Fsp3) is 0.286. The molecule has 0 bridgehead atoms. The first-order valence-electron chi connectivity index (χ1n) is 12.4. The zero-order valence-corrected chi connectivity index (χ0v) is 22.8. The maximum absolute atomic E-state index is 12.7. The van der Waals surface area contributed by atoms with Crippen molar-refractivity contribution in [1.82, 2.24) is 10.3 Å². The Bertz CT molecular complexity index is 1220. The molecule has 200 valence electrons. The number of pyridine rings is 1. The highest BCUT2D eigenvalue weighted by atomic mass is 32.2. The van der Waals surface area contributed by atoms with Crippen LogP contribution in [0.3, 0.4) is 0 Å². The van der Waals surface area contributed by atoms with E-state index in [-0.39, 0.29) is 18.2 Å². The van der Waals surface area contributed by atoms with E-state index in [9.17, 15) is 9.59 Å². The van der Waals surface area contributed by atoms with Gasteiger partial charge in [-0.2, -0.15) is 25.3 Å². The Kier molecular flexibility index (Phi) is 11.0. The number of rotatable bonds is 14. The molecule has 3 rings (SSSR count). The lowest BCUT2D eigenvalue weighted by molar-refractivity contribution is -0.121. The molecule has 0 saturated heterocycles. The van der Waals surface area contributed by atoms with Gasteiger partial charge in [-0.3, -0.25) is 15.2 Å². The van der Waals surface area contributed by atoms with Crippen LogP contribution < -0.4 is 21.1 Å². The Hall–Kier alpha value is -3.50. The maximum atomic E-state index is 12.7. The van der Waals surface area contributed by atoms with Crippen molar-refractivity contribution in [3.05, 3.63) is 89.7 Å². The summed E-state index contributed by atoms with van der Waals surface area (Å²) in [7, 11) is 0. The van der Waals surface area contributed by atoms with Crippen LogP contribution in [0.5, 0.6) is 5.75 Å². The largest absolute Gasteiger partial charge is 0.423 e. The molecule has 2 aromatic carbocycles. The summed E-state index contributed by atoms with van der Waals surface area (Å²) in [6.45, 7) is 1.30. The number of hydrogen-bond acceptors (Lipinski definition) is 8. The number of nitrogen functional groups attached to an aromatic ring is 1. The predicted octanol–water partition coefficient (Wildman–Crippen LogP) is 4.78. The number of amides is 1. The van der Waals surface area contributed by atoms with Crippen LogP contribution in [0.1, 0.15) is 53.7 Å². The number of unbranched alkanes of at least 4 members (excludes halogenated alkanes) is 3. The number of carbonyl (C=O) groups excluding carboxylic acids is 2. The predicted molar refractivity (Wildman–Crippen MR) is 157 cm³/mol. The Morgan fingerprint density at radius 1 is 0.921 bits per heavy atom.